The number of halogens is 6. The molecule has 0 aliphatic carbocycles. The van der Waals surface area contributed by atoms with E-state index >= 15 is 0 Å². The fourth-order valence-corrected chi connectivity index (χ4v) is 19.9. The highest BCUT2D eigenvalue weighted by Gasteiger charge is 2.37. The van der Waals surface area contributed by atoms with Gasteiger partial charge in [-0.15, -0.1) is 12.4 Å². The monoisotopic (exact) mass is 2050 g/mol. The molecule has 0 bridgehead atoms. The molecule has 0 saturated carbocycles. The van der Waals surface area contributed by atoms with Crippen LogP contribution in [0.15, 0.2) is 170 Å². The first-order valence-electron chi connectivity index (χ1n) is 48.6. The molecule has 3 amide bonds. The number of hydrogen-bond acceptors (Lipinski definition) is 26. The number of likely N-dealkylation sites (N-methyl/N-ethyl adjacent to an activating group) is 2. The average Bonchev–Trinajstić information content (AvgIpc) is 1.63. The summed E-state index contributed by atoms with van der Waals surface area (Å²) in [5, 5.41) is 26.4. The van der Waals surface area contributed by atoms with Gasteiger partial charge in [-0.2, -0.15) is 9.97 Å². The molecule has 12 aromatic rings. The number of aliphatic hydroxyl groups is 1. The molecule has 13 heterocycles. The molecule has 142 heavy (non-hydrogen) atoms. The summed E-state index contributed by atoms with van der Waals surface area (Å²) in [6, 6.07) is 59.8. The van der Waals surface area contributed by atoms with E-state index in [0.717, 1.165) is 191 Å². The first kappa shape index (κ1) is 107. The van der Waals surface area contributed by atoms with Crippen LogP contribution in [0.2, 0.25) is 26.2 Å². The number of carbonyl (C=O) groups is 4. The Morgan fingerprint density at radius 1 is 0.394 bits per heavy atom. The first-order chi connectivity index (χ1) is 67.7. The molecule has 9 aliphatic heterocycles. The van der Waals surface area contributed by atoms with Gasteiger partial charge in [0.05, 0.1) is 29.4 Å². The van der Waals surface area contributed by atoms with Gasteiger partial charge < -0.3 is 69.0 Å². The van der Waals surface area contributed by atoms with Crippen molar-refractivity contribution in [2.45, 2.75) is 189 Å². The molecule has 0 radical (unpaired) electrons. The number of hydrogen-bond donors (Lipinski definition) is 3. The number of aldehydes is 1. The maximum atomic E-state index is 12.7. The lowest BCUT2D eigenvalue weighted by Gasteiger charge is -2.36. The number of likely N-dealkylation sites (tertiary alicyclic amines) is 2. The van der Waals surface area contributed by atoms with Crippen LogP contribution in [-0.4, -0.2) is 257 Å². The molecule has 21 rings (SSSR count). The van der Waals surface area contributed by atoms with Gasteiger partial charge in [0.2, 0.25) is 15.9 Å². The van der Waals surface area contributed by atoms with Crippen LogP contribution in [-0.2, 0) is 86.2 Å². The van der Waals surface area contributed by atoms with Crippen molar-refractivity contribution >= 4 is 150 Å². The third kappa shape index (κ3) is 29.0. The highest BCUT2D eigenvalue weighted by Crippen LogP contribution is 2.38. The number of nitrogens with zero attached hydrogens (tertiary/aromatic N) is 18. The summed E-state index contributed by atoms with van der Waals surface area (Å²) in [6.07, 6.45) is 4.94. The minimum atomic E-state index is -0.505. The number of ether oxygens (including phenoxy) is 4. The van der Waals surface area contributed by atoms with Crippen molar-refractivity contribution in [2.75, 3.05) is 129 Å². The van der Waals surface area contributed by atoms with Gasteiger partial charge in [-0.25, -0.2) is 44.3 Å². The second-order valence-corrected chi connectivity index (χ2v) is 41.5. The molecule has 0 spiro atoms. The summed E-state index contributed by atoms with van der Waals surface area (Å²) in [5.74, 6) is 1.83. The van der Waals surface area contributed by atoms with Crippen LogP contribution >= 0.6 is 70.4 Å². The number of aliphatic hydroxyl groups excluding tert-OH is 1. The van der Waals surface area contributed by atoms with Crippen LogP contribution in [0.5, 0.6) is 6.01 Å². The van der Waals surface area contributed by atoms with Gasteiger partial charge in [-0.05, 0) is 210 Å². The van der Waals surface area contributed by atoms with E-state index in [9.17, 15) is 19.2 Å². The van der Waals surface area contributed by atoms with E-state index in [1.54, 1.807) is 14.7 Å². The van der Waals surface area contributed by atoms with E-state index in [4.69, 9.17) is 92.0 Å². The van der Waals surface area contributed by atoms with Gasteiger partial charge in [-0.3, -0.25) is 19.5 Å². The predicted molar refractivity (Wildman–Crippen MR) is 566 cm³/mol. The van der Waals surface area contributed by atoms with E-state index in [-0.39, 0.29) is 52.1 Å². The Labute approximate surface area is 863 Å². The largest absolute Gasteiger partial charge is 0.462 e. The van der Waals surface area contributed by atoms with Crippen molar-refractivity contribution in [1.82, 2.24) is 89.7 Å². The topological polar surface area (TPSA) is 285 Å². The predicted octanol–water partition coefficient (Wildman–Crippen LogP) is 19.3. The Kier molecular flexibility index (Phi) is 37.2. The van der Waals surface area contributed by atoms with Gasteiger partial charge in [-0.1, -0.05) is 193 Å². The summed E-state index contributed by atoms with van der Waals surface area (Å²) in [4.78, 5) is 104. The average molecular weight is 2050 g/mol. The van der Waals surface area contributed by atoms with Crippen molar-refractivity contribution in [3.63, 3.8) is 0 Å². The molecule has 5 fully saturated rings. The lowest BCUT2D eigenvalue weighted by molar-refractivity contribution is 0.0221. The number of piperazine rings is 3. The number of aromatic nitrogens is 8. The van der Waals surface area contributed by atoms with E-state index in [1.165, 1.54) is 73.8 Å². The third-order valence-corrected chi connectivity index (χ3v) is 27.1. The quantitative estimate of drug-likeness (QED) is 0.0418. The second kappa shape index (κ2) is 49.3. The second-order valence-electron chi connectivity index (χ2n) is 39.7. The fraction of sp³-hybridized carbons (Fsp3) is 0.439. The van der Waals surface area contributed by atoms with E-state index in [2.05, 4.69) is 216 Å². The zero-order valence-electron chi connectivity index (χ0n) is 82.9. The van der Waals surface area contributed by atoms with Crippen LogP contribution in [0.1, 0.15) is 160 Å². The zero-order chi connectivity index (χ0) is 99.7. The van der Waals surface area contributed by atoms with Gasteiger partial charge in [0.15, 0.2) is 6.29 Å². The summed E-state index contributed by atoms with van der Waals surface area (Å²) in [6.45, 7) is 37.1. The molecule has 4 aromatic heterocycles. The smallest absolute Gasteiger partial charge is 0.410 e. The van der Waals surface area contributed by atoms with Gasteiger partial charge in [0.25, 0.3) is 0 Å². The third-order valence-electron chi connectivity index (χ3n) is 25.9. The number of nitrogens with one attached hydrogen (secondary N) is 2. The zero-order valence-corrected chi connectivity index (χ0v) is 87.5. The standard InChI is InChI=1S/C32H42N6O3.C26H30ClN5O2.C17H13Cl2N3.C11H8O.C9H18N2O2.C6H5Cl2N3.C6H13NO.ClH/c1-32(2,3)41-31(39)38-17-15-37(16-18-38)29-27-20-36(19-24-11-7-10-23-9-5-6-13-26(23)24)21-28(27)33-30(34-29)40-22-25-12-8-14-35(25)4;1-26(2,3)34-25(33)32-13-11-31(12-14-32)23-21-16-30(17-22(21)28-24(27)29-23)15-19-9-6-8-18-7-4-5-10-20(18)19;18-16-14-9-22(10-15(14)20-17(19)21-16)8-12-6-3-5-11-4-1-2-7-13(11)12;12-8-10-6-3-5-9-4-1-2-7-11(9)10;1-9(2,3)13-8(12)11-6-4-10-5-7-11;7-5-3-1-9-2-4(3)10-6(8)11-5;1-7-4-2-3-6(7)5-8;/h5-7,9-11,13,25H,8,12,14-22H2,1-4H3;4-10H,11-17H2,1-3H3;1-7H,8-10H2;1-8H;10H,4-7H2,1-3H3;9H,1-2H2;6,8H,2-5H2,1H3;1H/t25-;;;;;;6-;/m0.....0./s1. The molecule has 29 nitrogen and oxygen atoms in total. The molecule has 0 unspecified atom stereocenters. The summed E-state index contributed by atoms with van der Waals surface area (Å²) in [5.41, 5.74) is 11.4. The fourth-order valence-electron chi connectivity index (χ4n) is 18.8. The SMILES string of the molecule is CC(C)(C)OC(=O)N1CCN(c2nc(Cl)nc3c2CN(Cc2cccc4ccccc24)C3)CC1.CC(C)(C)OC(=O)N1CCNCC1.CN1CCC[C@H]1CO.CN1CCC[C@H]1COc1nc2c(c(N3CCN(C(=O)OC(C)(C)C)CC3)n1)CN(Cc1cccc3ccccc13)C2.Cl.Clc1nc(Cl)c2c(n1)CN(Cc1cccc3ccccc13)C2.Clc1nc(Cl)c2c(n1)CNC2.O=Cc1cccc2ccccc12. The maximum absolute atomic E-state index is 12.7. The van der Waals surface area contributed by atoms with E-state index < -0.39 is 11.2 Å². The molecular weight excluding hydrogens is 1920 g/mol. The Balaban J connectivity index is 0.000000141. The van der Waals surface area contributed by atoms with E-state index in [1.807, 2.05) is 105 Å². The van der Waals surface area contributed by atoms with Crippen LogP contribution in [0.25, 0.3) is 43.1 Å². The maximum Gasteiger partial charge on any atom is 0.410 e. The lowest BCUT2D eigenvalue weighted by atomic mass is 10.0. The van der Waals surface area contributed by atoms with Crippen LogP contribution in [0.4, 0.5) is 26.0 Å². The number of rotatable bonds is 13. The van der Waals surface area contributed by atoms with Gasteiger partial charge in [0, 0.05) is 190 Å². The highest BCUT2D eigenvalue weighted by atomic mass is 35.5. The molecule has 3 N–H and O–H groups in total. The van der Waals surface area contributed by atoms with Crippen molar-refractivity contribution in [3.05, 3.63) is 263 Å². The van der Waals surface area contributed by atoms with Crippen molar-refractivity contribution in [1.29, 1.82) is 0 Å². The first-order valence-corrected chi connectivity index (χ1v) is 50.5. The molecule has 5 saturated heterocycles. The van der Waals surface area contributed by atoms with Crippen molar-refractivity contribution in [3.8, 4) is 6.01 Å². The Morgan fingerprint density at radius 2 is 0.761 bits per heavy atom. The number of benzene rings is 8. The Hall–Kier alpha value is -10.6. The lowest BCUT2D eigenvalue weighted by Crippen LogP contribution is -2.50. The van der Waals surface area contributed by atoms with E-state index in [0.29, 0.717) is 94.0 Å². The van der Waals surface area contributed by atoms with Crippen LogP contribution in [0.3, 0.4) is 0 Å². The summed E-state index contributed by atoms with van der Waals surface area (Å²) >= 11 is 29.8. The molecular formula is C107H130Cl6N20O9. The molecule has 754 valence electrons. The Bertz CT molecular complexity index is 6330. The normalized spacial score (nSPS) is 17.5. The minimum Gasteiger partial charge on any atom is -0.462 e. The molecule has 9 aliphatic rings. The molecule has 2 atom stereocenters. The minimum absolute atomic E-state index is 0. The molecule has 35 heteroatoms. The van der Waals surface area contributed by atoms with Gasteiger partial charge >= 0.3 is 24.3 Å². The Morgan fingerprint density at radius 3 is 1.18 bits per heavy atom. The summed E-state index contributed by atoms with van der Waals surface area (Å²) in [7, 11) is 4.22. The number of fused-ring (bicyclic) bond motifs is 8. The van der Waals surface area contributed by atoms with Gasteiger partial charge in [0.1, 0.15) is 45.4 Å². The van der Waals surface area contributed by atoms with Crippen molar-refractivity contribution in [2.24, 2.45) is 0 Å². The number of amides is 3. The molecule has 8 aromatic carbocycles. The van der Waals surface area contributed by atoms with Crippen LogP contribution in [0, 0.1) is 0 Å². The van der Waals surface area contributed by atoms with Crippen molar-refractivity contribution < 1.29 is 43.2 Å². The number of carbonyl (C=O) groups excluding carboxylic acids is 4. The summed E-state index contributed by atoms with van der Waals surface area (Å²) < 4.78 is 22.6. The number of anilines is 2. The highest BCUT2D eigenvalue weighted by molar-refractivity contribution is 6.33. The van der Waals surface area contributed by atoms with Crippen LogP contribution < -0.4 is 25.2 Å².